The molecule has 0 spiro atoms. The molecule has 0 atom stereocenters. The summed E-state index contributed by atoms with van der Waals surface area (Å²) in [4.78, 5) is 15.6. The predicted octanol–water partition coefficient (Wildman–Crippen LogP) is 3.57. The highest BCUT2D eigenvalue weighted by molar-refractivity contribution is 5.93. The molecule has 1 N–H and O–H groups in total. The molecular formula is C25H35N5O2. The van der Waals surface area contributed by atoms with Gasteiger partial charge in [-0.15, -0.1) is 5.10 Å². The van der Waals surface area contributed by atoms with E-state index in [4.69, 9.17) is 4.74 Å². The third-order valence-corrected chi connectivity index (χ3v) is 7.51. The maximum absolute atomic E-state index is 13.0. The topological polar surface area (TPSA) is 72.3 Å². The fourth-order valence-electron chi connectivity index (χ4n) is 5.62. The van der Waals surface area contributed by atoms with Gasteiger partial charge in [0.1, 0.15) is 0 Å². The van der Waals surface area contributed by atoms with Gasteiger partial charge in [-0.3, -0.25) is 9.69 Å². The molecule has 1 saturated heterocycles. The summed E-state index contributed by atoms with van der Waals surface area (Å²) in [5.41, 5.74) is 5.02. The summed E-state index contributed by atoms with van der Waals surface area (Å²) in [5, 5.41) is 11.9. The number of hydrogen-bond acceptors (Lipinski definition) is 5. The zero-order chi connectivity index (χ0) is 21.9. The molecule has 0 radical (unpaired) electrons. The Hall–Kier alpha value is -2.25. The van der Waals surface area contributed by atoms with Crippen LogP contribution in [0.3, 0.4) is 0 Å². The van der Waals surface area contributed by atoms with Crippen molar-refractivity contribution < 1.29 is 9.53 Å². The van der Waals surface area contributed by atoms with Gasteiger partial charge >= 0.3 is 0 Å². The van der Waals surface area contributed by atoms with Crippen LogP contribution in [0.5, 0.6) is 0 Å². The first-order valence-corrected chi connectivity index (χ1v) is 12.4. The van der Waals surface area contributed by atoms with Crippen molar-refractivity contribution in [3.05, 3.63) is 40.7 Å². The second-order valence-corrected chi connectivity index (χ2v) is 9.58. The first kappa shape index (κ1) is 21.6. The van der Waals surface area contributed by atoms with Crippen molar-refractivity contribution in [2.75, 3.05) is 19.8 Å². The van der Waals surface area contributed by atoms with Crippen LogP contribution < -0.4 is 5.32 Å². The molecule has 5 rings (SSSR count). The minimum Gasteiger partial charge on any atom is -0.381 e. The first-order chi connectivity index (χ1) is 15.7. The highest BCUT2D eigenvalue weighted by Gasteiger charge is 2.28. The van der Waals surface area contributed by atoms with Crippen molar-refractivity contribution in [3.63, 3.8) is 0 Å². The monoisotopic (exact) mass is 437 g/mol. The number of rotatable bonds is 4. The van der Waals surface area contributed by atoms with E-state index in [9.17, 15) is 4.79 Å². The number of amides is 1. The largest absolute Gasteiger partial charge is 0.381 e. The molecule has 32 heavy (non-hydrogen) atoms. The van der Waals surface area contributed by atoms with Crippen LogP contribution in [-0.2, 0) is 17.7 Å². The molecule has 1 aromatic carbocycles. The molecule has 2 aliphatic heterocycles. The number of aromatic nitrogens is 3. The molecule has 3 heterocycles. The predicted molar refractivity (Wildman–Crippen MR) is 123 cm³/mol. The number of hydrogen-bond donors (Lipinski definition) is 1. The Labute approximate surface area is 190 Å². The third kappa shape index (κ3) is 4.46. The van der Waals surface area contributed by atoms with Crippen molar-refractivity contribution in [1.82, 2.24) is 25.2 Å². The molecule has 2 aromatic rings. The van der Waals surface area contributed by atoms with Crippen LogP contribution in [0.15, 0.2) is 18.2 Å². The lowest BCUT2D eigenvalue weighted by Crippen LogP contribution is -2.42. The summed E-state index contributed by atoms with van der Waals surface area (Å²) in [6, 6.07) is 7.32. The number of benzene rings is 1. The second-order valence-electron chi connectivity index (χ2n) is 9.58. The van der Waals surface area contributed by atoms with Gasteiger partial charge in [0.15, 0.2) is 5.69 Å². The summed E-state index contributed by atoms with van der Waals surface area (Å²) in [5.74, 6) is -0.0869. The number of carbonyl (C=O) groups excluding carboxylic acids is 1. The molecule has 7 heteroatoms. The van der Waals surface area contributed by atoms with Gasteiger partial charge in [0.25, 0.3) is 5.91 Å². The maximum Gasteiger partial charge on any atom is 0.273 e. The lowest BCUT2D eigenvalue weighted by Gasteiger charge is -2.38. The highest BCUT2D eigenvalue weighted by Crippen LogP contribution is 2.29. The standard InChI is InChI=1S/C25H35N5O2/c1-18-24(25(31)26-20-8-4-2-3-5-9-20)27-28-30(18)23-10-6-7-19-17-29(14-11-22(19)23)21-12-15-32-16-13-21/h6-7,10,20-21H,2-5,8-9,11-17H2,1H3,(H,26,31). The number of ether oxygens (including phenoxy) is 1. The van der Waals surface area contributed by atoms with Crippen LogP contribution in [0.1, 0.15) is 78.7 Å². The molecule has 172 valence electrons. The third-order valence-electron chi connectivity index (χ3n) is 7.51. The van der Waals surface area contributed by atoms with E-state index in [0.29, 0.717) is 11.7 Å². The molecule has 7 nitrogen and oxygen atoms in total. The molecule has 1 aromatic heterocycles. The van der Waals surface area contributed by atoms with Crippen LogP contribution in [0, 0.1) is 6.92 Å². The Morgan fingerprint density at radius 2 is 1.88 bits per heavy atom. The van der Waals surface area contributed by atoms with Crippen molar-refractivity contribution in [2.45, 2.75) is 83.3 Å². The van der Waals surface area contributed by atoms with E-state index in [1.165, 1.54) is 36.8 Å². The Bertz CT molecular complexity index is 942. The van der Waals surface area contributed by atoms with E-state index < -0.39 is 0 Å². The van der Waals surface area contributed by atoms with Crippen molar-refractivity contribution >= 4 is 5.91 Å². The highest BCUT2D eigenvalue weighted by atomic mass is 16.5. The minimum atomic E-state index is -0.0869. The number of nitrogens with zero attached hydrogens (tertiary/aromatic N) is 4. The summed E-state index contributed by atoms with van der Waals surface area (Å²) in [6.07, 6.45) is 10.3. The Kier molecular flexibility index (Phi) is 6.55. The zero-order valence-electron chi connectivity index (χ0n) is 19.2. The molecule has 1 saturated carbocycles. The smallest absolute Gasteiger partial charge is 0.273 e. The average Bonchev–Trinajstić information content (AvgIpc) is 3.03. The SMILES string of the molecule is Cc1c(C(=O)NC2CCCCCC2)nnn1-c1cccc2c1CCN(C1CCOCC1)C2. The molecule has 1 amide bonds. The molecule has 0 unspecified atom stereocenters. The van der Waals surface area contributed by atoms with Crippen LogP contribution in [0.2, 0.25) is 0 Å². The molecule has 1 aliphatic carbocycles. The molecule has 0 bridgehead atoms. The van der Waals surface area contributed by atoms with E-state index >= 15 is 0 Å². The lowest BCUT2D eigenvalue weighted by atomic mass is 9.95. The zero-order valence-corrected chi connectivity index (χ0v) is 19.2. The summed E-state index contributed by atoms with van der Waals surface area (Å²) < 4.78 is 7.41. The van der Waals surface area contributed by atoms with Gasteiger partial charge < -0.3 is 10.1 Å². The average molecular weight is 438 g/mol. The Morgan fingerprint density at radius 1 is 1.09 bits per heavy atom. The number of nitrogens with one attached hydrogen (secondary N) is 1. The van der Waals surface area contributed by atoms with Crippen LogP contribution in [0.25, 0.3) is 5.69 Å². The van der Waals surface area contributed by atoms with Gasteiger partial charge in [-0.25, -0.2) is 4.68 Å². The van der Waals surface area contributed by atoms with Gasteiger partial charge in [0.05, 0.1) is 11.4 Å². The summed E-state index contributed by atoms with van der Waals surface area (Å²) in [7, 11) is 0. The fraction of sp³-hybridized carbons (Fsp3) is 0.640. The Morgan fingerprint density at radius 3 is 2.66 bits per heavy atom. The van der Waals surface area contributed by atoms with Gasteiger partial charge in [-0.1, -0.05) is 43.0 Å². The second kappa shape index (κ2) is 9.71. The van der Waals surface area contributed by atoms with E-state index in [-0.39, 0.29) is 11.9 Å². The molecular weight excluding hydrogens is 402 g/mol. The van der Waals surface area contributed by atoms with Crippen LogP contribution >= 0.6 is 0 Å². The first-order valence-electron chi connectivity index (χ1n) is 12.4. The van der Waals surface area contributed by atoms with Crippen LogP contribution in [-0.4, -0.2) is 57.6 Å². The van der Waals surface area contributed by atoms with Crippen molar-refractivity contribution in [2.24, 2.45) is 0 Å². The fourth-order valence-corrected chi connectivity index (χ4v) is 5.62. The molecule has 3 aliphatic rings. The van der Waals surface area contributed by atoms with Crippen LogP contribution in [0.4, 0.5) is 0 Å². The summed E-state index contributed by atoms with van der Waals surface area (Å²) >= 11 is 0. The molecule has 2 fully saturated rings. The van der Waals surface area contributed by atoms with Crippen molar-refractivity contribution in [1.29, 1.82) is 0 Å². The van der Waals surface area contributed by atoms with E-state index in [0.717, 1.165) is 69.8 Å². The van der Waals surface area contributed by atoms with E-state index in [1.807, 2.05) is 11.6 Å². The van der Waals surface area contributed by atoms with Crippen molar-refractivity contribution in [3.8, 4) is 5.69 Å². The van der Waals surface area contributed by atoms with E-state index in [1.54, 1.807) is 0 Å². The quantitative estimate of drug-likeness (QED) is 0.741. The summed E-state index contributed by atoms with van der Waals surface area (Å²) in [6.45, 7) is 5.72. The Balaban J connectivity index is 1.34. The van der Waals surface area contributed by atoms with E-state index in [2.05, 4.69) is 38.7 Å². The van der Waals surface area contributed by atoms with Gasteiger partial charge in [-0.2, -0.15) is 0 Å². The number of fused-ring (bicyclic) bond motifs is 1. The number of carbonyl (C=O) groups is 1. The van der Waals surface area contributed by atoms with Gasteiger partial charge in [0.2, 0.25) is 0 Å². The van der Waals surface area contributed by atoms with Gasteiger partial charge in [-0.05, 0) is 56.2 Å². The lowest BCUT2D eigenvalue weighted by molar-refractivity contribution is 0.0290. The minimum absolute atomic E-state index is 0.0869. The van der Waals surface area contributed by atoms with Gasteiger partial charge in [0, 0.05) is 38.4 Å². The maximum atomic E-state index is 13.0. The normalized spacial score (nSPS) is 21.2.